The van der Waals surface area contributed by atoms with Crippen molar-refractivity contribution >= 4 is 11.8 Å². The number of carbonyl (C=O) groups is 2. The standard InChI is InChI=1S/C30H41N3O2/c1-2-3-4-5-6-7-8-9-10-11-12-13-14-15-16-17-18-21-28(34)33-24-22-26(25-33)29-27(30(31)35)20-19-23-32-29/h3-4,6-7,9-10,12-13,15-16,19-20,23,26H,2,5,8,11,14,17-18,21-22,24-25H2,1H3,(H2,31,35)/b4-3-,7-6-,10-9-,13-12-,16-15-/t26-/m0/s1. The number of amides is 2. The first-order valence-electron chi connectivity index (χ1n) is 12.9. The molecule has 2 amide bonds. The highest BCUT2D eigenvalue weighted by atomic mass is 16.2. The molecule has 0 unspecified atom stereocenters. The zero-order valence-corrected chi connectivity index (χ0v) is 21.1. The third kappa shape index (κ3) is 11.2. The number of allylic oxidation sites excluding steroid dienone is 10. The van der Waals surface area contributed by atoms with Gasteiger partial charge in [0.2, 0.25) is 5.91 Å². The van der Waals surface area contributed by atoms with E-state index >= 15 is 0 Å². The van der Waals surface area contributed by atoms with Gasteiger partial charge in [-0.1, -0.05) is 67.7 Å². The van der Waals surface area contributed by atoms with Gasteiger partial charge in [0.1, 0.15) is 0 Å². The summed E-state index contributed by atoms with van der Waals surface area (Å²) >= 11 is 0. The number of rotatable bonds is 15. The summed E-state index contributed by atoms with van der Waals surface area (Å²) in [4.78, 5) is 30.5. The molecule has 5 heteroatoms. The number of pyridine rings is 1. The summed E-state index contributed by atoms with van der Waals surface area (Å²) in [5.74, 6) is -0.208. The van der Waals surface area contributed by atoms with Crippen LogP contribution in [0.25, 0.3) is 0 Å². The van der Waals surface area contributed by atoms with Crippen molar-refractivity contribution in [2.45, 2.75) is 70.6 Å². The van der Waals surface area contributed by atoms with Crippen molar-refractivity contribution in [1.29, 1.82) is 0 Å². The van der Waals surface area contributed by atoms with Gasteiger partial charge in [-0.25, -0.2) is 0 Å². The number of aromatic nitrogens is 1. The van der Waals surface area contributed by atoms with Crippen molar-refractivity contribution < 1.29 is 9.59 Å². The molecule has 0 radical (unpaired) electrons. The lowest BCUT2D eigenvalue weighted by atomic mass is 9.99. The quantitative estimate of drug-likeness (QED) is 0.235. The first-order valence-corrected chi connectivity index (χ1v) is 12.9. The van der Waals surface area contributed by atoms with Crippen LogP contribution in [0.1, 0.15) is 86.7 Å². The Morgan fingerprint density at radius 1 is 0.971 bits per heavy atom. The van der Waals surface area contributed by atoms with E-state index in [1.807, 2.05) is 4.90 Å². The summed E-state index contributed by atoms with van der Waals surface area (Å²) in [5.41, 5.74) is 6.66. The molecular formula is C30H41N3O2. The Morgan fingerprint density at radius 2 is 1.57 bits per heavy atom. The molecule has 1 saturated heterocycles. The Kier molecular flexibility index (Phi) is 13.8. The van der Waals surface area contributed by atoms with E-state index in [9.17, 15) is 9.59 Å². The van der Waals surface area contributed by atoms with E-state index in [0.29, 0.717) is 30.8 Å². The van der Waals surface area contributed by atoms with Crippen molar-refractivity contribution in [1.82, 2.24) is 9.88 Å². The molecule has 1 aliphatic heterocycles. The van der Waals surface area contributed by atoms with E-state index in [1.54, 1.807) is 18.3 Å². The maximum absolute atomic E-state index is 12.6. The molecule has 2 N–H and O–H groups in total. The molecule has 0 spiro atoms. The van der Waals surface area contributed by atoms with E-state index in [1.165, 1.54) is 0 Å². The van der Waals surface area contributed by atoms with Crippen LogP contribution in [0.15, 0.2) is 79.1 Å². The number of unbranched alkanes of at least 4 members (excludes halogenated alkanes) is 1. The highest BCUT2D eigenvalue weighted by molar-refractivity contribution is 5.94. The lowest BCUT2D eigenvalue weighted by Gasteiger charge is -2.17. The molecule has 0 saturated carbocycles. The number of hydrogen-bond donors (Lipinski definition) is 1. The van der Waals surface area contributed by atoms with Crippen LogP contribution >= 0.6 is 0 Å². The van der Waals surface area contributed by atoms with E-state index in [2.05, 4.69) is 72.7 Å². The predicted molar refractivity (Wildman–Crippen MR) is 145 cm³/mol. The largest absolute Gasteiger partial charge is 0.366 e. The van der Waals surface area contributed by atoms with Gasteiger partial charge in [0.25, 0.3) is 5.91 Å². The summed E-state index contributed by atoms with van der Waals surface area (Å²) in [5, 5.41) is 0. The summed E-state index contributed by atoms with van der Waals surface area (Å²) < 4.78 is 0. The molecule has 1 aliphatic rings. The van der Waals surface area contributed by atoms with Gasteiger partial charge in [0.15, 0.2) is 0 Å². The van der Waals surface area contributed by atoms with Crippen LogP contribution < -0.4 is 5.73 Å². The van der Waals surface area contributed by atoms with Gasteiger partial charge in [-0.15, -0.1) is 0 Å². The average Bonchev–Trinajstić information content (AvgIpc) is 3.36. The number of likely N-dealkylation sites (tertiary alicyclic amines) is 1. The molecule has 2 heterocycles. The highest BCUT2D eigenvalue weighted by Gasteiger charge is 2.30. The maximum Gasteiger partial charge on any atom is 0.250 e. The molecule has 0 aliphatic carbocycles. The van der Waals surface area contributed by atoms with Crippen LogP contribution in [0.4, 0.5) is 0 Å². The Morgan fingerprint density at radius 3 is 2.17 bits per heavy atom. The minimum Gasteiger partial charge on any atom is -0.366 e. The molecule has 1 aromatic heterocycles. The lowest BCUT2D eigenvalue weighted by Crippen LogP contribution is -2.28. The van der Waals surface area contributed by atoms with Gasteiger partial charge in [0.05, 0.1) is 11.3 Å². The number of nitrogens with two attached hydrogens (primary N) is 1. The number of nitrogens with zero attached hydrogens (tertiary/aromatic N) is 2. The topological polar surface area (TPSA) is 76.3 Å². The van der Waals surface area contributed by atoms with Crippen molar-refractivity contribution in [2.75, 3.05) is 13.1 Å². The molecule has 1 atom stereocenters. The Labute approximate surface area is 211 Å². The Balaban J connectivity index is 1.55. The average molecular weight is 476 g/mol. The fourth-order valence-corrected chi connectivity index (χ4v) is 4.06. The smallest absolute Gasteiger partial charge is 0.250 e. The zero-order valence-electron chi connectivity index (χ0n) is 21.1. The van der Waals surface area contributed by atoms with E-state index in [4.69, 9.17) is 5.73 Å². The molecule has 1 aromatic rings. The second kappa shape index (κ2) is 17.3. The molecule has 2 rings (SSSR count). The minimum atomic E-state index is -0.463. The molecule has 5 nitrogen and oxygen atoms in total. The molecular weight excluding hydrogens is 434 g/mol. The number of carbonyl (C=O) groups excluding carboxylic acids is 2. The van der Waals surface area contributed by atoms with Gasteiger partial charge >= 0.3 is 0 Å². The van der Waals surface area contributed by atoms with Crippen molar-refractivity contribution in [3.05, 3.63) is 90.3 Å². The third-order valence-electron chi connectivity index (χ3n) is 5.95. The number of primary amides is 1. The van der Waals surface area contributed by atoms with E-state index in [-0.39, 0.29) is 11.8 Å². The van der Waals surface area contributed by atoms with Gasteiger partial charge in [-0.05, 0) is 63.5 Å². The van der Waals surface area contributed by atoms with Crippen LogP contribution in [0, 0.1) is 0 Å². The first kappa shape index (κ1) is 28.0. The van der Waals surface area contributed by atoms with Crippen molar-refractivity contribution in [3.8, 4) is 0 Å². The molecule has 35 heavy (non-hydrogen) atoms. The van der Waals surface area contributed by atoms with Crippen LogP contribution in [-0.2, 0) is 4.79 Å². The van der Waals surface area contributed by atoms with Crippen molar-refractivity contribution in [3.63, 3.8) is 0 Å². The van der Waals surface area contributed by atoms with Gasteiger partial charge < -0.3 is 10.6 Å². The summed E-state index contributed by atoms with van der Waals surface area (Å²) in [7, 11) is 0. The first-order chi connectivity index (χ1) is 17.1. The van der Waals surface area contributed by atoms with E-state index < -0.39 is 5.91 Å². The predicted octanol–water partition coefficient (Wildman–Crippen LogP) is 6.42. The normalized spacial score (nSPS) is 16.7. The summed E-state index contributed by atoms with van der Waals surface area (Å²) in [6.45, 7) is 3.47. The molecule has 1 fully saturated rings. The van der Waals surface area contributed by atoms with Crippen LogP contribution in [0.3, 0.4) is 0 Å². The Hall–Kier alpha value is -3.21. The third-order valence-corrected chi connectivity index (χ3v) is 5.95. The maximum atomic E-state index is 12.6. The fourth-order valence-electron chi connectivity index (χ4n) is 4.06. The highest BCUT2D eigenvalue weighted by Crippen LogP contribution is 2.28. The molecule has 0 bridgehead atoms. The second-order valence-corrected chi connectivity index (χ2v) is 8.73. The summed E-state index contributed by atoms with van der Waals surface area (Å²) in [6, 6.07) is 3.43. The molecule has 188 valence electrons. The Bertz CT molecular complexity index is 927. The second-order valence-electron chi connectivity index (χ2n) is 8.73. The number of hydrogen-bond acceptors (Lipinski definition) is 3. The van der Waals surface area contributed by atoms with Gasteiger partial charge in [0, 0.05) is 31.6 Å². The molecule has 0 aromatic carbocycles. The zero-order chi connectivity index (χ0) is 25.1. The van der Waals surface area contributed by atoms with Crippen LogP contribution in [0.2, 0.25) is 0 Å². The fraction of sp³-hybridized carbons (Fsp3) is 0.433. The van der Waals surface area contributed by atoms with Crippen LogP contribution in [0.5, 0.6) is 0 Å². The monoisotopic (exact) mass is 475 g/mol. The lowest BCUT2D eigenvalue weighted by molar-refractivity contribution is -0.130. The van der Waals surface area contributed by atoms with Gasteiger partial charge in [-0.2, -0.15) is 0 Å². The SMILES string of the molecule is CC/C=C\C/C=C\C/C=C\C/C=C\C/C=C\CCCC(=O)N1CC[C@H](c2ncccc2C(N)=O)C1. The minimum absolute atomic E-state index is 0.0774. The summed E-state index contributed by atoms with van der Waals surface area (Å²) in [6.07, 6.45) is 31.7. The van der Waals surface area contributed by atoms with E-state index in [0.717, 1.165) is 51.4 Å². The van der Waals surface area contributed by atoms with Crippen molar-refractivity contribution in [2.24, 2.45) is 5.73 Å². The van der Waals surface area contributed by atoms with Gasteiger partial charge in [-0.3, -0.25) is 14.6 Å². The van der Waals surface area contributed by atoms with Crippen LogP contribution in [-0.4, -0.2) is 34.8 Å².